The Kier molecular flexibility index (Phi) is 4.42. The van der Waals surface area contributed by atoms with Crippen molar-refractivity contribution in [1.82, 2.24) is 10.2 Å². The Morgan fingerprint density at radius 2 is 2.40 bits per heavy atom. The minimum absolute atomic E-state index is 0.425. The summed E-state index contributed by atoms with van der Waals surface area (Å²) in [5.74, 6) is 0.921. The van der Waals surface area contributed by atoms with Gasteiger partial charge in [-0.2, -0.15) is 0 Å². The highest BCUT2D eigenvalue weighted by Crippen LogP contribution is 2.14. The molecule has 3 nitrogen and oxygen atoms in total. The zero-order valence-corrected chi connectivity index (χ0v) is 9.87. The second-order valence-corrected chi connectivity index (χ2v) is 4.98. The molecule has 2 rings (SSSR count). The van der Waals surface area contributed by atoms with Crippen LogP contribution >= 0.6 is 0 Å². The van der Waals surface area contributed by atoms with Gasteiger partial charge in [0, 0.05) is 19.7 Å². The maximum absolute atomic E-state index is 5.65. The van der Waals surface area contributed by atoms with E-state index in [9.17, 15) is 0 Å². The van der Waals surface area contributed by atoms with Gasteiger partial charge in [0.2, 0.25) is 0 Å². The van der Waals surface area contributed by atoms with E-state index >= 15 is 0 Å². The van der Waals surface area contributed by atoms with E-state index in [1.165, 1.54) is 45.4 Å². The van der Waals surface area contributed by atoms with Crippen LogP contribution in [0.25, 0.3) is 0 Å². The van der Waals surface area contributed by atoms with E-state index in [-0.39, 0.29) is 0 Å². The lowest BCUT2D eigenvalue weighted by Gasteiger charge is -2.23. The van der Waals surface area contributed by atoms with Gasteiger partial charge in [-0.1, -0.05) is 0 Å². The van der Waals surface area contributed by atoms with Crippen LogP contribution < -0.4 is 5.32 Å². The molecule has 0 saturated carbocycles. The van der Waals surface area contributed by atoms with Crippen molar-refractivity contribution >= 4 is 0 Å². The molecule has 0 aliphatic carbocycles. The predicted molar refractivity (Wildman–Crippen MR) is 62.1 cm³/mol. The molecule has 2 aliphatic rings. The van der Waals surface area contributed by atoms with E-state index < -0.39 is 0 Å². The van der Waals surface area contributed by atoms with Crippen LogP contribution in [-0.4, -0.2) is 50.3 Å². The van der Waals surface area contributed by atoms with E-state index in [1.54, 1.807) is 0 Å². The van der Waals surface area contributed by atoms with Gasteiger partial charge in [-0.25, -0.2) is 0 Å². The fourth-order valence-electron chi connectivity index (χ4n) is 2.61. The molecule has 88 valence electrons. The van der Waals surface area contributed by atoms with Gasteiger partial charge >= 0.3 is 0 Å². The molecule has 2 saturated heterocycles. The summed E-state index contributed by atoms with van der Waals surface area (Å²) in [5, 5.41) is 3.44. The quantitative estimate of drug-likeness (QED) is 0.758. The molecule has 2 heterocycles. The van der Waals surface area contributed by atoms with Crippen LogP contribution in [0.4, 0.5) is 0 Å². The van der Waals surface area contributed by atoms with E-state index in [2.05, 4.69) is 17.1 Å². The van der Waals surface area contributed by atoms with Gasteiger partial charge < -0.3 is 15.0 Å². The highest BCUT2D eigenvalue weighted by molar-refractivity contribution is 4.74. The molecule has 0 aromatic heterocycles. The van der Waals surface area contributed by atoms with Crippen LogP contribution in [0.1, 0.15) is 26.2 Å². The summed E-state index contributed by atoms with van der Waals surface area (Å²) in [6, 6.07) is 0. The first-order chi connectivity index (χ1) is 7.34. The molecule has 2 fully saturated rings. The van der Waals surface area contributed by atoms with Crippen molar-refractivity contribution in [3.8, 4) is 0 Å². The SMILES string of the molecule is CC1CN(CCC2CCNC2)CCCO1. The van der Waals surface area contributed by atoms with Crippen LogP contribution in [0.2, 0.25) is 0 Å². The van der Waals surface area contributed by atoms with Gasteiger partial charge in [-0.05, 0) is 51.7 Å². The van der Waals surface area contributed by atoms with Gasteiger partial charge in [0.1, 0.15) is 0 Å². The topological polar surface area (TPSA) is 24.5 Å². The van der Waals surface area contributed by atoms with Crippen LogP contribution in [0.5, 0.6) is 0 Å². The molecule has 0 bridgehead atoms. The number of rotatable bonds is 3. The van der Waals surface area contributed by atoms with Gasteiger partial charge in [0.15, 0.2) is 0 Å². The average molecular weight is 212 g/mol. The number of hydrogen-bond donors (Lipinski definition) is 1. The second kappa shape index (κ2) is 5.83. The summed E-state index contributed by atoms with van der Waals surface area (Å²) >= 11 is 0. The van der Waals surface area contributed by atoms with Crippen LogP contribution in [-0.2, 0) is 4.74 Å². The van der Waals surface area contributed by atoms with E-state index in [0.29, 0.717) is 6.10 Å². The molecule has 2 atom stereocenters. The smallest absolute Gasteiger partial charge is 0.0673 e. The van der Waals surface area contributed by atoms with Gasteiger partial charge in [-0.15, -0.1) is 0 Å². The third-order valence-corrected chi connectivity index (χ3v) is 3.55. The zero-order valence-electron chi connectivity index (χ0n) is 9.87. The minimum Gasteiger partial charge on any atom is -0.377 e. The molecule has 0 aromatic carbocycles. The van der Waals surface area contributed by atoms with Gasteiger partial charge in [0.05, 0.1) is 6.10 Å². The first-order valence-corrected chi connectivity index (χ1v) is 6.39. The molecule has 0 radical (unpaired) electrons. The lowest BCUT2D eigenvalue weighted by atomic mass is 10.0. The van der Waals surface area contributed by atoms with Crippen molar-refractivity contribution in [2.45, 2.75) is 32.3 Å². The number of nitrogens with zero attached hydrogens (tertiary/aromatic N) is 1. The fraction of sp³-hybridized carbons (Fsp3) is 1.00. The molecule has 15 heavy (non-hydrogen) atoms. The third-order valence-electron chi connectivity index (χ3n) is 3.55. The lowest BCUT2D eigenvalue weighted by molar-refractivity contribution is 0.0671. The Bertz CT molecular complexity index is 180. The number of ether oxygens (including phenoxy) is 1. The van der Waals surface area contributed by atoms with Crippen molar-refractivity contribution in [3.63, 3.8) is 0 Å². The summed E-state index contributed by atoms with van der Waals surface area (Å²) in [5.41, 5.74) is 0. The molecular weight excluding hydrogens is 188 g/mol. The second-order valence-electron chi connectivity index (χ2n) is 4.98. The number of hydrogen-bond acceptors (Lipinski definition) is 3. The summed E-state index contributed by atoms with van der Waals surface area (Å²) in [6.07, 6.45) is 4.36. The molecular formula is C12H24N2O. The Morgan fingerprint density at radius 3 is 3.20 bits per heavy atom. The third kappa shape index (κ3) is 3.74. The molecule has 0 spiro atoms. The average Bonchev–Trinajstić information content (AvgIpc) is 2.65. The van der Waals surface area contributed by atoms with Crippen LogP contribution in [0, 0.1) is 5.92 Å². The standard InChI is InChI=1S/C12H24N2O/c1-11-10-14(6-2-8-15-11)7-4-12-3-5-13-9-12/h11-13H,2-10H2,1H3. The first kappa shape index (κ1) is 11.4. The van der Waals surface area contributed by atoms with Crippen molar-refractivity contribution in [2.75, 3.05) is 39.3 Å². The molecule has 2 aliphatic heterocycles. The first-order valence-electron chi connectivity index (χ1n) is 6.39. The molecule has 3 heteroatoms. The zero-order chi connectivity index (χ0) is 10.5. The van der Waals surface area contributed by atoms with Gasteiger partial charge in [0.25, 0.3) is 0 Å². The predicted octanol–water partition coefficient (Wildman–Crippen LogP) is 1.10. The van der Waals surface area contributed by atoms with Crippen molar-refractivity contribution in [2.24, 2.45) is 5.92 Å². The van der Waals surface area contributed by atoms with Crippen LogP contribution in [0.3, 0.4) is 0 Å². The largest absolute Gasteiger partial charge is 0.377 e. The van der Waals surface area contributed by atoms with E-state index in [1.807, 2.05) is 0 Å². The minimum atomic E-state index is 0.425. The molecule has 1 N–H and O–H groups in total. The Morgan fingerprint density at radius 1 is 1.47 bits per heavy atom. The maximum atomic E-state index is 5.65. The van der Waals surface area contributed by atoms with Crippen molar-refractivity contribution in [1.29, 1.82) is 0 Å². The summed E-state index contributed by atoms with van der Waals surface area (Å²) in [7, 11) is 0. The maximum Gasteiger partial charge on any atom is 0.0673 e. The van der Waals surface area contributed by atoms with Crippen LogP contribution in [0.15, 0.2) is 0 Å². The van der Waals surface area contributed by atoms with E-state index in [4.69, 9.17) is 4.74 Å². The monoisotopic (exact) mass is 212 g/mol. The van der Waals surface area contributed by atoms with Crippen molar-refractivity contribution < 1.29 is 4.74 Å². The fourth-order valence-corrected chi connectivity index (χ4v) is 2.61. The molecule has 2 unspecified atom stereocenters. The highest BCUT2D eigenvalue weighted by Gasteiger charge is 2.18. The Balaban J connectivity index is 1.67. The normalized spacial score (nSPS) is 34.2. The Hall–Kier alpha value is -0.120. The summed E-state index contributed by atoms with van der Waals surface area (Å²) < 4.78 is 5.65. The van der Waals surface area contributed by atoms with Gasteiger partial charge in [-0.3, -0.25) is 0 Å². The summed E-state index contributed by atoms with van der Waals surface area (Å²) in [6.45, 7) is 9.22. The lowest BCUT2D eigenvalue weighted by Crippen LogP contribution is -2.32. The number of nitrogens with one attached hydrogen (secondary N) is 1. The highest BCUT2D eigenvalue weighted by atomic mass is 16.5. The van der Waals surface area contributed by atoms with Crippen molar-refractivity contribution in [3.05, 3.63) is 0 Å². The Labute approximate surface area is 93.2 Å². The molecule has 0 amide bonds. The van der Waals surface area contributed by atoms with E-state index in [0.717, 1.165) is 19.1 Å². The molecule has 0 aromatic rings. The summed E-state index contributed by atoms with van der Waals surface area (Å²) in [4.78, 5) is 2.58.